The van der Waals surface area contributed by atoms with Crippen LogP contribution < -0.4 is 5.32 Å². The van der Waals surface area contributed by atoms with Gasteiger partial charge in [-0.25, -0.2) is 4.98 Å². The second kappa shape index (κ2) is 7.67. The maximum Gasteiger partial charge on any atom is 0.246 e. The summed E-state index contributed by atoms with van der Waals surface area (Å²) >= 11 is 1.35. The first-order valence-corrected chi connectivity index (χ1v) is 11.4. The number of ether oxygens (including phenoxy) is 2. The Bertz CT molecular complexity index is 837. The normalized spacial score (nSPS) is 35.9. The molecule has 1 aromatic heterocycles. The van der Waals surface area contributed by atoms with Gasteiger partial charge in [0.1, 0.15) is 6.54 Å². The van der Waals surface area contributed by atoms with Gasteiger partial charge in [0.2, 0.25) is 17.7 Å². The first-order chi connectivity index (χ1) is 14.4. The molecular weight excluding hydrogens is 408 g/mol. The number of nitrogens with zero attached hydrogens (tertiary/aromatic N) is 3. The summed E-state index contributed by atoms with van der Waals surface area (Å²) in [6.45, 7) is 6.23. The van der Waals surface area contributed by atoms with Crippen LogP contribution in [0.2, 0.25) is 0 Å². The maximum atomic E-state index is 12.7. The summed E-state index contributed by atoms with van der Waals surface area (Å²) in [6.07, 6.45) is 1.65. The molecule has 2 bridgehead atoms. The number of anilines is 1. The second-order valence-electron chi connectivity index (χ2n) is 8.75. The maximum absolute atomic E-state index is 12.7. The van der Waals surface area contributed by atoms with Crippen LogP contribution >= 0.6 is 11.3 Å². The summed E-state index contributed by atoms with van der Waals surface area (Å²) < 4.78 is 11.5. The van der Waals surface area contributed by atoms with Crippen molar-refractivity contribution in [2.75, 3.05) is 25.0 Å². The molecule has 4 aliphatic heterocycles. The fourth-order valence-corrected chi connectivity index (χ4v) is 6.03. The number of thiazole rings is 1. The van der Waals surface area contributed by atoms with E-state index in [2.05, 4.69) is 29.0 Å². The summed E-state index contributed by atoms with van der Waals surface area (Å²) in [5.41, 5.74) is 0.883. The number of carbonyl (C=O) groups is 3. The van der Waals surface area contributed by atoms with Crippen LogP contribution in [-0.4, -0.2) is 76.6 Å². The molecule has 4 fully saturated rings. The monoisotopic (exact) mass is 434 g/mol. The summed E-state index contributed by atoms with van der Waals surface area (Å²) in [5.74, 6) is -1.77. The Morgan fingerprint density at radius 1 is 1.13 bits per heavy atom. The zero-order chi connectivity index (χ0) is 21.0. The van der Waals surface area contributed by atoms with E-state index >= 15 is 0 Å². The van der Waals surface area contributed by atoms with Gasteiger partial charge in [-0.1, -0.05) is 0 Å². The Kier molecular flexibility index (Phi) is 5.12. The van der Waals surface area contributed by atoms with Gasteiger partial charge in [0.05, 0.1) is 41.9 Å². The van der Waals surface area contributed by atoms with E-state index in [9.17, 15) is 14.4 Å². The van der Waals surface area contributed by atoms with Crippen molar-refractivity contribution in [1.82, 2.24) is 14.8 Å². The van der Waals surface area contributed by atoms with Crippen molar-refractivity contribution < 1.29 is 23.9 Å². The van der Waals surface area contributed by atoms with E-state index in [1.807, 2.05) is 5.38 Å². The molecule has 5 rings (SSSR count). The standard InChI is InChI=1S/C20H26N4O5S/c1-10-5-23(6-11(2)28-10)7-12-9-30-20(21-12)22-15(25)8-24-18(26)16-13-3-4-14(29-13)17(16)19(24)27/h9-11,13-14,16-17H,3-8H2,1-2H3,(H,21,22,25)/t10-,11+,13-,14-,16-,17+/m1/s1. The smallest absolute Gasteiger partial charge is 0.246 e. The molecule has 5 heterocycles. The Morgan fingerprint density at radius 3 is 2.40 bits per heavy atom. The third-order valence-electron chi connectivity index (χ3n) is 6.36. The van der Waals surface area contributed by atoms with Gasteiger partial charge in [-0.2, -0.15) is 0 Å². The van der Waals surface area contributed by atoms with Crippen LogP contribution in [0.25, 0.3) is 0 Å². The molecule has 0 radical (unpaired) electrons. The number of likely N-dealkylation sites (tertiary alicyclic amines) is 1. The van der Waals surface area contributed by atoms with Crippen LogP contribution in [0.15, 0.2) is 5.38 Å². The lowest BCUT2D eigenvalue weighted by Crippen LogP contribution is -2.44. The van der Waals surface area contributed by atoms with Crippen molar-refractivity contribution >= 4 is 34.2 Å². The molecule has 1 N–H and O–H groups in total. The lowest BCUT2D eigenvalue weighted by molar-refractivity contribution is -0.145. The molecule has 6 atom stereocenters. The number of hydrogen-bond acceptors (Lipinski definition) is 8. The van der Waals surface area contributed by atoms with Gasteiger partial charge in [0.25, 0.3) is 0 Å². The van der Waals surface area contributed by atoms with Gasteiger partial charge >= 0.3 is 0 Å². The number of morpholine rings is 1. The molecule has 3 amide bonds. The molecule has 0 unspecified atom stereocenters. The zero-order valence-electron chi connectivity index (χ0n) is 17.1. The second-order valence-corrected chi connectivity index (χ2v) is 9.61. The Hall–Kier alpha value is -1.88. The fourth-order valence-electron chi connectivity index (χ4n) is 5.31. The molecule has 0 aliphatic carbocycles. The van der Waals surface area contributed by atoms with Gasteiger partial charge in [0.15, 0.2) is 5.13 Å². The summed E-state index contributed by atoms with van der Waals surface area (Å²) in [5, 5.41) is 5.14. The van der Waals surface area contributed by atoms with Crippen LogP contribution in [-0.2, 0) is 30.4 Å². The topological polar surface area (TPSA) is 101 Å². The highest BCUT2D eigenvalue weighted by Gasteiger charge is 2.62. The molecule has 1 aromatic rings. The molecule has 162 valence electrons. The van der Waals surface area contributed by atoms with Crippen molar-refractivity contribution in [3.05, 3.63) is 11.1 Å². The molecule has 0 spiro atoms. The average molecular weight is 435 g/mol. The number of hydrogen-bond donors (Lipinski definition) is 1. The quantitative estimate of drug-likeness (QED) is 0.686. The number of carbonyl (C=O) groups excluding carboxylic acids is 3. The van der Waals surface area contributed by atoms with Crippen molar-refractivity contribution in [1.29, 1.82) is 0 Å². The molecule has 4 aliphatic rings. The number of aromatic nitrogens is 1. The highest BCUT2D eigenvalue weighted by atomic mass is 32.1. The van der Waals surface area contributed by atoms with Gasteiger partial charge in [-0.15, -0.1) is 11.3 Å². The fraction of sp³-hybridized carbons (Fsp3) is 0.700. The molecule has 4 saturated heterocycles. The van der Waals surface area contributed by atoms with E-state index in [-0.39, 0.29) is 42.8 Å². The zero-order valence-corrected chi connectivity index (χ0v) is 17.9. The third kappa shape index (κ3) is 3.55. The van der Waals surface area contributed by atoms with E-state index in [1.165, 1.54) is 11.3 Å². The number of amides is 3. The summed E-state index contributed by atoms with van der Waals surface area (Å²) in [4.78, 5) is 45.7. The predicted molar refractivity (Wildman–Crippen MR) is 108 cm³/mol. The van der Waals surface area contributed by atoms with E-state index in [4.69, 9.17) is 9.47 Å². The van der Waals surface area contributed by atoms with Gasteiger partial charge in [-0.05, 0) is 26.7 Å². The van der Waals surface area contributed by atoms with Crippen molar-refractivity contribution in [3.8, 4) is 0 Å². The van der Waals surface area contributed by atoms with E-state index in [0.29, 0.717) is 11.7 Å². The average Bonchev–Trinajstić information content (AvgIpc) is 3.43. The Labute approximate surface area is 178 Å². The molecule has 0 saturated carbocycles. The van der Waals surface area contributed by atoms with Crippen molar-refractivity contribution in [2.45, 2.75) is 57.6 Å². The summed E-state index contributed by atoms with van der Waals surface area (Å²) in [6, 6.07) is 0. The first-order valence-electron chi connectivity index (χ1n) is 10.5. The molecule has 10 heteroatoms. The van der Waals surface area contributed by atoms with Crippen LogP contribution in [0.3, 0.4) is 0 Å². The Balaban J connectivity index is 1.17. The van der Waals surface area contributed by atoms with Gasteiger partial charge < -0.3 is 14.8 Å². The van der Waals surface area contributed by atoms with Gasteiger partial charge in [0, 0.05) is 25.0 Å². The van der Waals surface area contributed by atoms with Gasteiger partial charge in [-0.3, -0.25) is 24.2 Å². The predicted octanol–water partition coefficient (Wildman–Crippen LogP) is 0.853. The van der Waals surface area contributed by atoms with E-state index in [0.717, 1.165) is 36.5 Å². The SMILES string of the molecule is C[C@@H]1CN(Cc2csc(NC(=O)CN3C(=O)[C@@H]4[C@H](C3=O)[C@H]3CC[C@H]4O3)n2)C[C@H](C)O1. The van der Waals surface area contributed by atoms with Crippen LogP contribution in [0.4, 0.5) is 5.13 Å². The van der Waals surface area contributed by atoms with E-state index < -0.39 is 17.7 Å². The first kappa shape index (κ1) is 20.0. The minimum absolute atomic E-state index is 0.170. The van der Waals surface area contributed by atoms with Crippen LogP contribution in [0.1, 0.15) is 32.4 Å². The minimum atomic E-state index is -0.408. The largest absolute Gasteiger partial charge is 0.373 e. The third-order valence-corrected chi connectivity index (χ3v) is 7.16. The van der Waals surface area contributed by atoms with Crippen molar-refractivity contribution in [2.24, 2.45) is 11.8 Å². The molecular formula is C20H26N4O5S. The van der Waals surface area contributed by atoms with Crippen molar-refractivity contribution in [3.63, 3.8) is 0 Å². The highest BCUT2D eigenvalue weighted by Crippen LogP contribution is 2.48. The van der Waals surface area contributed by atoms with Crippen LogP contribution in [0.5, 0.6) is 0 Å². The number of rotatable bonds is 5. The van der Waals surface area contributed by atoms with Crippen LogP contribution in [0, 0.1) is 11.8 Å². The lowest BCUT2D eigenvalue weighted by atomic mass is 9.81. The molecule has 9 nitrogen and oxygen atoms in total. The Morgan fingerprint density at radius 2 is 1.77 bits per heavy atom. The summed E-state index contributed by atoms with van der Waals surface area (Å²) in [7, 11) is 0. The lowest BCUT2D eigenvalue weighted by Gasteiger charge is -2.34. The number of nitrogens with one attached hydrogen (secondary N) is 1. The minimum Gasteiger partial charge on any atom is -0.373 e. The number of imide groups is 1. The van der Waals surface area contributed by atoms with E-state index in [1.54, 1.807) is 0 Å². The molecule has 30 heavy (non-hydrogen) atoms. The number of fused-ring (bicyclic) bond motifs is 5. The molecule has 0 aromatic carbocycles. The highest BCUT2D eigenvalue weighted by molar-refractivity contribution is 7.13.